The standard InChI is InChI=1S/C18H22N2O3.ClH/c1-12(2)23-16-8-4-5-13(10-16)17(21)11-20-18(22)14-6-3-7-15(19)9-14;/h3-10,12,17,21H,11,19H2,1-2H3,(H,20,22);1H. The maximum Gasteiger partial charge on any atom is 0.251 e. The predicted octanol–water partition coefficient (Wildman–Crippen LogP) is 2.94. The Morgan fingerprint density at radius 3 is 2.58 bits per heavy atom. The normalized spacial score (nSPS) is 11.5. The fourth-order valence-corrected chi connectivity index (χ4v) is 2.16. The Labute approximate surface area is 148 Å². The van der Waals surface area contributed by atoms with Crippen LogP contribution in [0, 0.1) is 0 Å². The first-order chi connectivity index (χ1) is 11.0. The summed E-state index contributed by atoms with van der Waals surface area (Å²) in [5.41, 5.74) is 7.34. The van der Waals surface area contributed by atoms with Gasteiger partial charge in [0.15, 0.2) is 0 Å². The molecule has 6 heteroatoms. The number of ether oxygens (including phenoxy) is 1. The number of benzene rings is 2. The number of aliphatic hydroxyl groups is 1. The molecule has 0 fully saturated rings. The molecule has 130 valence electrons. The largest absolute Gasteiger partial charge is 0.491 e. The minimum absolute atomic E-state index is 0. The summed E-state index contributed by atoms with van der Waals surface area (Å²) < 4.78 is 5.60. The van der Waals surface area contributed by atoms with Gasteiger partial charge in [0.05, 0.1) is 12.2 Å². The summed E-state index contributed by atoms with van der Waals surface area (Å²) in [6, 6.07) is 13.9. The molecular weight excluding hydrogens is 328 g/mol. The van der Waals surface area contributed by atoms with E-state index in [9.17, 15) is 9.90 Å². The van der Waals surface area contributed by atoms with Crippen LogP contribution in [0.15, 0.2) is 48.5 Å². The van der Waals surface area contributed by atoms with Crippen molar-refractivity contribution < 1.29 is 14.6 Å². The highest BCUT2D eigenvalue weighted by Crippen LogP contribution is 2.20. The molecule has 0 saturated carbocycles. The molecule has 0 radical (unpaired) electrons. The van der Waals surface area contributed by atoms with Gasteiger partial charge in [-0.15, -0.1) is 12.4 Å². The van der Waals surface area contributed by atoms with E-state index >= 15 is 0 Å². The molecule has 0 spiro atoms. The Kier molecular flexibility index (Phi) is 7.55. The van der Waals surface area contributed by atoms with Gasteiger partial charge in [0.2, 0.25) is 0 Å². The first-order valence-corrected chi connectivity index (χ1v) is 7.54. The quantitative estimate of drug-likeness (QED) is 0.699. The molecule has 0 heterocycles. The molecule has 2 aromatic rings. The maximum absolute atomic E-state index is 12.0. The number of rotatable bonds is 6. The van der Waals surface area contributed by atoms with Crippen molar-refractivity contribution in [3.05, 3.63) is 59.7 Å². The molecule has 1 unspecified atom stereocenters. The Balaban J connectivity index is 0.00000288. The Morgan fingerprint density at radius 2 is 1.92 bits per heavy atom. The van der Waals surface area contributed by atoms with Gasteiger partial charge in [0, 0.05) is 17.8 Å². The topological polar surface area (TPSA) is 84.6 Å². The number of hydrogen-bond acceptors (Lipinski definition) is 4. The number of anilines is 1. The van der Waals surface area contributed by atoms with E-state index in [-0.39, 0.29) is 31.0 Å². The number of nitrogens with two attached hydrogens (primary N) is 1. The molecule has 2 aromatic carbocycles. The maximum atomic E-state index is 12.0. The van der Waals surface area contributed by atoms with Crippen LogP contribution in [0.2, 0.25) is 0 Å². The third kappa shape index (κ3) is 5.76. The van der Waals surface area contributed by atoms with Crippen LogP contribution in [-0.2, 0) is 0 Å². The van der Waals surface area contributed by atoms with Crippen molar-refractivity contribution in [2.45, 2.75) is 26.1 Å². The lowest BCUT2D eigenvalue weighted by atomic mass is 10.1. The van der Waals surface area contributed by atoms with Crippen molar-refractivity contribution in [1.29, 1.82) is 0 Å². The van der Waals surface area contributed by atoms with Crippen molar-refractivity contribution in [3.8, 4) is 5.75 Å². The summed E-state index contributed by atoms with van der Waals surface area (Å²) >= 11 is 0. The van der Waals surface area contributed by atoms with E-state index in [0.29, 0.717) is 22.6 Å². The van der Waals surface area contributed by atoms with Gasteiger partial charge in [-0.05, 0) is 49.7 Å². The molecule has 5 nitrogen and oxygen atoms in total. The van der Waals surface area contributed by atoms with Crippen LogP contribution in [0.25, 0.3) is 0 Å². The molecule has 0 aromatic heterocycles. The van der Waals surface area contributed by atoms with Crippen LogP contribution in [0.5, 0.6) is 5.75 Å². The average Bonchev–Trinajstić information content (AvgIpc) is 2.52. The predicted molar refractivity (Wildman–Crippen MR) is 97.6 cm³/mol. The minimum Gasteiger partial charge on any atom is -0.491 e. The zero-order valence-corrected chi connectivity index (χ0v) is 14.5. The van der Waals surface area contributed by atoms with Crippen molar-refractivity contribution in [3.63, 3.8) is 0 Å². The van der Waals surface area contributed by atoms with Gasteiger partial charge in [-0.25, -0.2) is 0 Å². The van der Waals surface area contributed by atoms with Crippen LogP contribution in [-0.4, -0.2) is 23.7 Å². The number of nitrogen functional groups attached to an aromatic ring is 1. The molecule has 4 N–H and O–H groups in total. The van der Waals surface area contributed by atoms with Crippen LogP contribution < -0.4 is 15.8 Å². The molecule has 0 aliphatic heterocycles. The molecule has 0 saturated heterocycles. The lowest BCUT2D eigenvalue weighted by molar-refractivity contribution is 0.0916. The second-order valence-electron chi connectivity index (χ2n) is 5.59. The lowest BCUT2D eigenvalue weighted by Gasteiger charge is -2.15. The van der Waals surface area contributed by atoms with Crippen LogP contribution in [0.3, 0.4) is 0 Å². The number of halogens is 1. The van der Waals surface area contributed by atoms with Crippen molar-refractivity contribution in [1.82, 2.24) is 5.32 Å². The second kappa shape index (κ2) is 9.15. The molecule has 0 aliphatic carbocycles. The third-order valence-electron chi connectivity index (χ3n) is 3.22. The van der Waals surface area contributed by atoms with E-state index in [1.807, 2.05) is 26.0 Å². The Morgan fingerprint density at radius 1 is 1.21 bits per heavy atom. The van der Waals surface area contributed by atoms with E-state index in [1.54, 1.807) is 36.4 Å². The highest BCUT2D eigenvalue weighted by atomic mass is 35.5. The zero-order chi connectivity index (χ0) is 16.8. The molecule has 2 rings (SSSR count). The lowest BCUT2D eigenvalue weighted by Crippen LogP contribution is -2.28. The molecular formula is C18H23ClN2O3. The average molecular weight is 351 g/mol. The summed E-state index contributed by atoms with van der Waals surface area (Å²) in [5.74, 6) is 0.421. The fourth-order valence-electron chi connectivity index (χ4n) is 2.16. The van der Waals surface area contributed by atoms with Gasteiger partial charge in [-0.1, -0.05) is 18.2 Å². The van der Waals surface area contributed by atoms with Gasteiger partial charge in [0.1, 0.15) is 5.75 Å². The highest BCUT2D eigenvalue weighted by molar-refractivity contribution is 5.95. The van der Waals surface area contributed by atoms with Crippen LogP contribution in [0.4, 0.5) is 5.69 Å². The number of hydrogen-bond donors (Lipinski definition) is 3. The first-order valence-electron chi connectivity index (χ1n) is 7.54. The van der Waals surface area contributed by atoms with E-state index in [0.717, 1.165) is 0 Å². The van der Waals surface area contributed by atoms with E-state index in [1.165, 1.54) is 0 Å². The fraction of sp³-hybridized carbons (Fsp3) is 0.278. The summed E-state index contributed by atoms with van der Waals surface area (Å²) in [4.78, 5) is 12.0. The third-order valence-corrected chi connectivity index (χ3v) is 3.22. The number of carbonyl (C=O) groups is 1. The van der Waals surface area contributed by atoms with Crippen LogP contribution >= 0.6 is 12.4 Å². The Hall–Kier alpha value is -2.24. The number of aliphatic hydroxyl groups excluding tert-OH is 1. The molecule has 1 atom stereocenters. The van der Waals surface area contributed by atoms with Crippen molar-refractivity contribution in [2.24, 2.45) is 0 Å². The number of amides is 1. The number of nitrogens with one attached hydrogen (secondary N) is 1. The highest BCUT2D eigenvalue weighted by Gasteiger charge is 2.12. The van der Waals surface area contributed by atoms with Crippen LogP contribution in [0.1, 0.15) is 35.9 Å². The Bertz CT molecular complexity index is 677. The zero-order valence-electron chi connectivity index (χ0n) is 13.7. The second-order valence-corrected chi connectivity index (χ2v) is 5.59. The molecule has 0 bridgehead atoms. The summed E-state index contributed by atoms with van der Waals surface area (Å²) in [6.45, 7) is 3.99. The number of carbonyl (C=O) groups excluding carboxylic acids is 1. The molecule has 1 amide bonds. The monoisotopic (exact) mass is 350 g/mol. The van der Waals surface area contributed by atoms with Gasteiger partial charge < -0.3 is 20.9 Å². The van der Waals surface area contributed by atoms with Gasteiger partial charge >= 0.3 is 0 Å². The summed E-state index contributed by atoms with van der Waals surface area (Å²) in [7, 11) is 0. The first kappa shape index (κ1) is 19.8. The summed E-state index contributed by atoms with van der Waals surface area (Å²) in [6.07, 6.45) is -0.749. The summed E-state index contributed by atoms with van der Waals surface area (Å²) in [5, 5.41) is 12.9. The van der Waals surface area contributed by atoms with Crippen molar-refractivity contribution >= 4 is 24.0 Å². The van der Waals surface area contributed by atoms with E-state index < -0.39 is 6.10 Å². The minimum atomic E-state index is -0.810. The molecule has 0 aliphatic rings. The van der Waals surface area contributed by atoms with E-state index in [4.69, 9.17) is 10.5 Å². The van der Waals surface area contributed by atoms with Gasteiger partial charge in [-0.2, -0.15) is 0 Å². The van der Waals surface area contributed by atoms with E-state index in [2.05, 4.69) is 5.32 Å². The molecule has 24 heavy (non-hydrogen) atoms. The van der Waals surface area contributed by atoms with Gasteiger partial charge in [-0.3, -0.25) is 4.79 Å². The smallest absolute Gasteiger partial charge is 0.251 e. The SMILES string of the molecule is CC(C)Oc1cccc(C(O)CNC(=O)c2cccc(N)c2)c1.Cl. The van der Waals surface area contributed by atoms with Crippen molar-refractivity contribution in [2.75, 3.05) is 12.3 Å². The van der Waals surface area contributed by atoms with Gasteiger partial charge in [0.25, 0.3) is 5.91 Å².